The van der Waals surface area contributed by atoms with Crippen LogP contribution in [-0.4, -0.2) is 14.9 Å². The summed E-state index contributed by atoms with van der Waals surface area (Å²) in [5.74, 6) is 0.278. The Morgan fingerprint density at radius 1 is 1.62 bits per heavy atom. The van der Waals surface area contributed by atoms with Crippen molar-refractivity contribution in [3.8, 4) is 0 Å². The van der Waals surface area contributed by atoms with Gasteiger partial charge in [0.15, 0.2) is 0 Å². The van der Waals surface area contributed by atoms with Crippen LogP contribution < -0.4 is 0 Å². The van der Waals surface area contributed by atoms with Gasteiger partial charge in [-0.3, -0.25) is 4.68 Å². The number of aryl methyl sites for hydroxylation is 1. The highest BCUT2D eigenvalue weighted by atomic mass is 35.5. The first-order valence-corrected chi connectivity index (χ1v) is 6.17. The summed E-state index contributed by atoms with van der Waals surface area (Å²) in [6.45, 7) is 4.44. The van der Waals surface area contributed by atoms with Crippen molar-refractivity contribution < 1.29 is 5.11 Å². The third kappa shape index (κ3) is 1.87. The molecule has 0 aromatic carbocycles. The number of rotatable bonds is 2. The van der Waals surface area contributed by atoms with Gasteiger partial charge in [0, 0.05) is 7.05 Å². The predicted molar refractivity (Wildman–Crippen MR) is 64.3 cm³/mol. The van der Waals surface area contributed by atoms with Gasteiger partial charge in [-0.15, -0.1) is 0 Å². The SMILES string of the molecule is Cn1ncc(Cl)c1C(O)C1CCCC1(C)C. The molecule has 16 heavy (non-hydrogen) atoms. The molecule has 0 aliphatic heterocycles. The van der Waals surface area contributed by atoms with Crippen molar-refractivity contribution in [1.29, 1.82) is 0 Å². The van der Waals surface area contributed by atoms with Gasteiger partial charge in [-0.2, -0.15) is 5.10 Å². The lowest BCUT2D eigenvalue weighted by Gasteiger charge is -2.31. The van der Waals surface area contributed by atoms with Crippen LogP contribution in [0.3, 0.4) is 0 Å². The third-order valence-corrected chi connectivity index (χ3v) is 4.23. The second-order valence-electron chi connectivity index (χ2n) is 5.43. The van der Waals surface area contributed by atoms with Crippen molar-refractivity contribution in [1.82, 2.24) is 9.78 Å². The number of aliphatic hydroxyl groups is 1. The van der Waals surface area contributed by atoms with Gasteiger partial charge in [0.1, 0.15) is 6.10 Å². The molecule has 1 N–H and O–H groups in total. The lowest BCUT2D eigenvalue weighted by Crippen LogP contribution is -2.25. The number of halogens is 1. The van der Waals surface area contributed by atoms with E-state index in [4.69, 9.17) is 11.6 Å². The summed E-state index contributed by atoms with van der Waals surface area (Å²) in [6, 6.07) is 0. The summed E-state index contributed by atoms with van der Waals surface area (Å²) >= 11 is 6.07. The van der Waals surface area contributed by atoms with Crippen LogP contribution in [-0.2, 0) is 7.05 Å². The van der Waals surface area contributed by atoms with E-state index in [-0.39, 0.29) is 11.3 Å². The van der Waals surface area contributed by atoms with E-state index in [9.17, 15) is 5.11 Å². The van der Waals surface area contributed by atoms with Crippen LogP contribution in [0.15, 0.2) is 6.20 Å². The van der Waals surface area contributed by atoms with E-state index in [0.717, 1.165) is 12.1 Å². The molecular weight excluding hydrogens is 224 g/mol. The van der Waals surface area contributed by atoms with Crippen LogP contribution in [0.2, 0.25) is 5.02 Å². The normalized spacial score (nSPS) is 25.9. The summed E-state index contributed by atoms with van der Waals surface area (Å²) in [4.78, 5) is 0. The summed E-state index contributed by atoms with van der Waals surface area (Å²) in [7, 11) is 1.83. The van der Waals surface area contributed by atoms with Gasteiger partial charge in [0.05, 0.1) is 16.9 Å². The van der Waals surface area contributed by atoms with E-state index >= 15 is 0 Å². The second kappa shape index (κ2) is 4.04. The topological polar surface area (TPSA) is 38.0 Å². The maximum Gasteiger partial charge on any atom is 0.100 e. The fourth-order valence-electron chi connectivity index (χ4n) is 2.88. The Bertz CT molecular complexity index is 367. The van der Waals surface area contributed by atoms with Gasteiger partial charge < -0.3 is 5.11 Å². The van der Waals surface area contributed by atoms with E-state index in [1.807, 2.05) is 7.05 Å². The molecule has 2 unspecified atom stereocenters. The molecule has 2 rings (SSSR count). The minimum Gasteiger partial charge on any atom is -0.386 e. The van der Waals surface area contributed by atoms with Crippen molar-refractivity contribution >= 4 is 11.6 Å². The highest BCUT2D eigenvalue weighted by Crippen LogP contribution is 2.49. The molecule has 0 saturated heterocycles. The molecule has 1 saturated carbocycles. The first-order chi connectivity index (χ1) is 7.43. The summed E-state index contributed by atoms with van der Waals surface area (Å²) in [5.41, 5.74) is 0.939. The first kappa shape index (κ1) is 11.9. The van der Waals surface area contributed by atoms with E-state index in [0.29, 0.717) is 5.02 Å². The Morgan fingerprint density at radius 2 is 2.31 bits per heavy atom. The molecule has 3 nitrogen and oxygen atoms in total. The van der Waals surface area contributed by atoms with Crippen molar-refractivity contribution in [3.05, 3.63) is 16.9 Å². The molecule has 1 heterocycles. The Balaban J connectivity index is 2.29. The van der Waals surface area contributed by atoms with E-state index in [1.54, 1.807) is 10.9 Å². The Labute approximate surface area is 101 Å². The Morgan fingerprint density at radius 3 is 2.75 bits per heavy atom. The lowest BCUT2D eigenvalue weighted by molar-refractivity contribution is 0.0472. The van der Waals surface area contributed by atoms with Crippen LogP contribution in [0.1, 0.15) is 44.9 Å². The molecule has 1 fully saturated rings. The smallest absolute Gasteiger partial charge is 0.100 e. The quantitative estimate of drug-likeness (QED) is 0.866. The average molecular weight is 243 g/mol. The molecule has 90 valence electrons. The first-order valence-electron chi connectivity index (χ1n) is 5.79. The lowest BCUT2D eigenvalue weighted by atomic mass is 9.78. The number of aliphatic hydroxyl groups excluding tert-OH is 1. The standard InChI is InChI=1S/C12H19ClN2O/c1-12(2)6-4-5-8(12)11(16)10-9(13)7-14-15(10)3/h7-8,11,16H,4-6H2,1-3H3. The summed E-state index contributed by atoms with van der Waals surface area (Å²) < 4.78 is 1.68. The molecule has 4 heteroatoms. The van der Waals surface area contributed by atoms with Gasteiger partial charge in [0.25, 0.3) is 0 Å². The predicted octanol–water partition coefficient (Wildman–Crippen LogP) is 2.93. The number of nitrogens with zero attached hydrogens (tertiary/aromatic N) is 2. The third-order valence-electron chi connectivity index (χ3n) is 3.94. The molecule has 1 aliphatic carbocycles. The molecule has 1 aromatic heterocycles. The molecule has 0 spiro atoms. The van der Waals surface area contributed by atoms with Crippen molar-refractivity contribution in [2.24, 2.45) is 18.4 Å². The zero-order chi connectivity index (χ0) is 11.9. The highest BCUT2D eigenvalue weighted by molar-refractivity contribution is 6.31. The van der Waals surface area contributed by atoms with Crippen molar-refractivity contribution in [2.75, 3.05) is 0 Å². The molecule has 2 atom stereocenters. The maximum atomic E-state index is 10.5. The molecule has 0 radical (unpaired) electrons. The highest BCUT2D eigenvalue weighted by Gasteiger charge is 2.41. The Kier molecular flexibility index (Phi) is 3.01. The van der Waals surface area contributed by atoms with Gasteiger partial charge in [-0.25, -0.2) is 0 Å². The van der Waals surface area contributed by atoms with E-state index in [1.165, 1.54) is 12.8 Å². The maximum absolute atomic E-state index is 10.5. The van der Waals surface area contributed by atoms with Gasteiger partial charge in [0.2, 0.25) is 0 Å². The van der Waals surface area contributed by atoms with Crippen LogP contribution >= 0.6 is 11.6 Å². The van der Waals surface area contributed by atoms with Gasteiger partial charge >= 0.3 is 0 Å². The average Bonchev–Trinajstić information content (AvgIpc) is 2.69. The van der Waals surface area contributed by atoms with Crippen LogP contribution in [0.25, 0.3) is 0 Å². The zero-order valence-electron chi connectivity index (χ0n) is 10.1. The largest absolute Gasteiger partial charge is 0.386 e. The number of hydrogen-bond acceptors (Lipinski definition) is 2. The Hall–Kier alpha value is -0.540. The molecule has 1 aromatic rings. The number of aromatic nitrogens is 2. The fraction of sp³-hybridized carbons (Fsp3) is 0.750. The van der Waals surface area contributed by atoms with Crippen molar-refractivity contribution in [3.63, 3.8) is 0 Å². The minimum atomic E-state index is -0.502. The van der Waals surface area contributed by atoms with Crippen LogP contribution in [0, 0.1) is 11.3 Å². The monoisotopic (exact) mass is 242 g/mol. The van der Waals surface area contributed by atoms with Crippen molar-refractivity contribution in [2.45, 2.75) is 39.2 Å². The number of hydrogen-bond donors (Lipinski definition) is 1. The minimum absolute atomic E-state index is 0.188. The second-order valence-corrected chi connectivity index (χ2v) is 5.84. The van der Waals surface area contributed by atoms with Gasteiger partial charge in [-0.1, -0.05) is 31.9 Å². The molecule has 0 bridgehead atoms. The van der Waals surface area contributed by atoms with E-state index in [2.05, 4.69) is 18.9 Å². The molecule has 0 amide bonds. The van der Waals surface area contributed by atoms with Crippen LogP contribution in [0.4, 0.5) is 0 Å². The molecule has 1 aliphatic rings. The van der Waals surface area contributed by atoms with Gasteiger partial charge in [-0.05, 0) is 24.2 Å². The summed E-state index contributed by atoms with van der Waals surface area (Å²) in [5, 5.41) is 15.1. The zero-order valence-corrected chi connectivity index (χ0v) is 10.8. The van der Waals surface area contributed by atoms with E-state index < -0.39 is 6.10 Å². The molecular formula is C12H19ClN2O. The van der Waals surface area contributed by atoms with Crippen LogP contribution in [0.5, 0.6) is 0 Å². The fourth-order valence-corrected chi connectivity index (χ4v) is 3.16. The summed E-state index contributed by atoms with van der Waals surface area (Å²) in [6.07, 6.45) is 4.52.